The van der Waals surface area contributed by atoms with Gasteiger partial charge in [-0.3, -0.25) is 0 Å². The van der Waals surface area contributed by atoms with Crippen LogP contribution in [-0.2, 0) is 5.41 Å². The van der Waals surface area contributed by atoms with Crippen LogP contribution in [-0.4, -0.2) is 9.97 Å². The van der Waals surface area contributed by atoms with E-state index in [1.807, 2.05) is 18.2 Å². The first-order chi connectivity index (χ1) is 8.84. The molecule has 19 heavy (non-hydrogen) atoms. The van der Waals surface area contributed by atoms with Crippen LogP contribution < -0.4 is 0 Å². The molecule has 0 amide bonds. The van der Waals surface area contributed by atoms with Gasteiger partial charge in [-0.25, -0.2) is 9.97 Å². The predicted octanol–water partition coefficient (Wildman–Crippen LogP) is 4.51. The second kappa shape index (κ2) is 4.76. The maximum atomic E-state index is 4.72. The molecule has 0 aliphatic heterocycles. The summed E-state index contributed by atoms with van der Waals surface area (Å²) in [7, 11) is 0. The van der Waals surface area contributed by atoms with Gasteiger partial charge in [0.2, 0.25) is 0 Å². The summed E-state index contributed by atoms with van der Waals surface area (Å²) >= 11 is 0. The van der Waals surface area contributed by atoms with E-state index >= 15 is 0 Å². The number of nitrogens with zero attached hydrogens (tertiary/aromatic N) is 2. The number of allylic oxidation sites excluding steroid dienone is 1. The quantitative estimate of drug-likeness (QED) is 0.750. The molecule has 2 heterocycles. The molecular weight excluding hydrogens is 232 g/mol. The fraction of sp³-hybridized carbons (Fsp3) is 0.412. The lowest BCUT2D eigenvalue weighted by molar-refractivity contribution is 0.316. The molecule has 0 N–H and O–H groups in total. The maximum Gasteiger partial charge on any atom is 0.159 e. The van der Waals surface area contributed by atoms with Gasteiger partial charge in [-0.15, -0.1) is 6.58 Å². The van der Waals surface area contributed by atoms with E-state index in [2.05, 4.69) is 51.4 Å². The fourth-order valence-electron chi connectivity index (χ4n) is 2.63. The third-order valence-electron chi connectivity index (χ3n) is 3.61. The Balaban J connectivity index is 2.39. The SMILES string of the molecule is C=CC(C)(C)CC(C)(C)c1ccc2cccnc2n1. The minimum Gasteiger partial charge on any atom is -0.237 e. The van der Waals surface area contributed by atoms with Crippen molar-refractivity contribution >= 4 is 11.0 Å². The summed E-state index contributed by atoms with van der Waals surface area (Å²) < 4.78 is 0. The molecule has 0 spiro atoms. The maximum absolute atomic E-state index is 4.72. The summed E-state index contributed by atoms with van der Waals surface area (Å²) in [5.41, 5.74) is 2.02. The molecule has 2 rings (SSSR count). The number of aromatic nitrogens is 2. The molecule has 0 radical (unpaired) electrons. The van der Waals surface area contributed by atoms with Crippen molar-refractivity contribution in [2.45, 2.75) is 39.5 Å². The Labute approximate surface area is 115 Å². The molecule has 0 atom stereocenters. The van der Waals surface area contributed by atoms with E-state index in [4.69, 9.17) is 4.98 Å². The summed E-state index contributed by atoms with van der Waals surface area (Å²) in [5, 5.41) is 1.09. The van der Waals surface area contributed by atoms with Crippen LogP contribution in [0, 0.1) is 5.41 Å². The van der Waals surface area contributed by atoms with E-state index < -0.39 is 0 Å². The van der Waals surface area contributed by atoms with Crippen molar-refractivity contribution in [2.75, 3.05) is 0 Å². The first-order valence-electron chi connectivity index (χ1n) is 6.70. The lowest BCUT2D eigenvalue weighted by Crippen LogP contribution is -2.26. The summed E-state index contributed by atoms with van der Waals surface area (Å²) in [4.78, 5) is 9.06. The van der Waals surface area contributed by atoms with Gasteiger partial charge in [0.15, 0.2) is 5.65 Å². The Bertz CT molecular complexity index is 597. The largest absolute Gasteiger partial charge is 0.237 e. The third-order valence-corrected chi connectivity index (χ3v) is 3.61. The Morgan fingerprint density at radius 1 is 1.16 bits per heavy atom. The predicted molar refractivity (Wildman–Crippen MR) is 81.2 cm³/mol. The first-order valence-corrected chi connectivity index (χ1v) is 6.70. The van der Waals surface area contributed by atoms with E-state index in [0.717, 1.165) is 23.1 Å². The van der Waals surface area contributed by atoms with Crippen LogP contribution in [0.2, 0.25) is 0 Å². The zero-order valence-corrected chi connectivity index (χ0v) is 12.3. The number of hydrogen-bond acceptors (Lipinski definition) is 2. The molecule has 0 bridgehead atoms. The number of fused-ring (bicyclic) bond motifs is 1. The van der Waals surface area contributed by atoms with Gasteiger partial charge in [-0.05, 0) is 36.1 Å². The zero-order chi connectivity index (χ0) is 14.1. The topological polar surface area (TPSA) is 25.8 Å². The molecule has 2 aromatic rings. The van der Waals surface area contributed by atoms with Gasteiger partial charge in [0.05, 0.1) is 0 Å². The van der Waals surface area contributed by atoms with Gasteiger partial charge >= 0.3 is 0 Å². The summed E-state index contributed by atoms with van der Waals surface area (Å²) in [5.74, 6) is 0. The first kappa shape index (κ1) is 13.7. The normalized spacial score (nSPS) is 12.6. The second-order valence-corrected chi connectivity index (χ2v) is 6.50. The summed E-state index contributed by atoms with van der Waals surface area (Å²) in [6, 6.07) is 8.20. The minimum atomic E-state index is 0.00337. The Morgan fingerprint density at radius 2 is 1.89 bits per heavy atom. The van der Waals surface area contributed by atoms with Crippen molar-refractivity contribution in [2.24, 2.45) is 5.41 Å². The molecule has 0 fully saturated rings. The highest BCUT2D eigenvalue weighted by molar-refractivity contribution is 5.74. The molecule has 2 heteroatoms. The van der Waals surface area contributed by atoms with Gasteiger partial charge in [-0.1, -0.05) is 33.8 Å². The Hall–Kier alpha value is -1.70. The number of pyridine rings is 2. The van der Waals surface area contributed by atoms with Gasteiger partial charge in [0.25, 0.3) is 0 Å². The Morgan fingerprint density at radius 3 is 2.58 bits per heavy atom. The van der Waals surface area contributed by atoms with E-state index in [9.17, 15) is 0 Å². The molecule has 0 aromatic carbocycles. The van der Waals surface area contributed by atoms with E-state index in [0.29, 0.717) is 0 Å². The minimum absolute atomic E-state index is 0.00337. The molecule has 0 aliphatic carbocycles. The highest BCUT2D eigenvalue weighted by Crippen LogP contribution is 2.36. The van der Waals surface area contributed by atoms with Crippen LogP contribution in [0.1, 0.15) is 39.8 Å². The summed E-state index contributed by atoms with van der Waals surface area (Å²) in [6.07, 6.45) is 4.82. The lowest BCUT2D eigenvalue weighted by atomic mass is 9.73. The van der Waals surface area contributed by atoms with Crippen molar-refractivity contribution in [1.29, 1.82) is 0 Å². The van der Waals surface area contributed by atoms with Gasteiger partial charge in [-0.2, -0.15) is 0 Å². The second-order valence-electron chi connectivity index (χ2n) is 6.50. The van der Waals surface area contributed by atoms with E-state index in [1.54, 1.807) is 6.20 Å². The molecule has 100 valence electrons. The van der Waals surface area contributed by atoms with Gasteiger partial charge in [0.1, 0.15) is 0 Å². The lowest BCUT2D eigenvalue weighted by Gasteiger charge is -2.32. The van der Waals surface area contributed by atoms with Crippen LogP contribution in [0.25, 0.3) is 11.0 Å². The monoisotopic (exact) mass is 254 g/mol. The van der Waals surface area contributed by atoms with Gasteiger partial charge < -0.3 is 0 Å². The molecule has 2 aromatic heterocycles. The highest BCUT2D eigenvalue weighted by atomic mass is 14.8. The number of rotatable bonds is 4. The molecule has 0 saturated heterocycles. The summed E-state index contributed by atoms with van der Waals surface area (Å²) in [6.45, 7) is 12.8. The molecule has 0 aliphatic rings. The average molecular weight is 254 g/mol. The van der Waals surface area contributed by atoms with E-state index in [1.165, 1.54) is 0 Å². The van der Waals surface area contributed by atoms with Crippen LogP contribution >= 0.6 is 0 Å². The molecular formula is C17H22N2. The van der Waals surface area contributed by atoms with Crippen molar-refractivity contribution < 1.29 is 0 Å². The van der Waals surface area contributed by atoms with Crippen LogP contribution in [0.15, 0.2) is 43.1 Å². The molecule has 0 saturated carbocycles. The van der Waals surface area contributed by atoms with Crippen LogP contribution in [0.4, 0.5) is 0 Å². The van der Waals surface area contributed by atoms with Crippen LogP contribution in [0.3, 0.4) is 0 Å². The van der Waals surface area contributed by atoms with Crippen molar-refractivity contribution in [3.63, 3.8) is 0 Å². The van der Waals surface area contributed by atoms with Gasteiger partial charge in [0, 0.05) is 22.7 Å². The highest BCUT2D eigenvalue weighted by Gasteiger charge is 2.29. The number of hydrogen-bond donors (Lipinski definition) is 0. The van der Waals surface area contributed by atoms with Crippen molar-refractivity contribution in [3.8, 4) is 0 Å². The smallest absolute Gasteiger partial charge is 0.159 e. The van der Waals surface area contributed by atoms with E-state index in [-0.39, 0.29) is 10.8 Å². The fourth-order valence-corrected chi connectivity index (χ4v) is 2.63. The Kier molecular flexibility index (Phi) is 3.44. The molecule has 0 unspecified atom stereocenters. The third kappa shape index (κ3) is 3.01. The zero-order valence-electron chi connectivity index (χ0n) is 12.3. The average Bonchev–Trinajstić information content (AvgIpc) is 2.37. The van der Waals surface area contributed by atoms with Crippen molar-refractivity contribution in [1.82, 2.24) is 9.97 Å². The van der Waals surface area contributed by atoms with Crippen molar-refractivity contribution in [3.05, 3.63) is 48.8 Å². The molecule has 2 nitrogen and oxygen atoms in total. The van der Waals surface area contributed by atoms with Crippen LogP contribution in [0.5, 0.6) is 0 Å². The standard InChI is InChI=1S/C17H22N2/c1-6-16(2,3)12-17(4,5)14-10-9-13-8-7-11-18-15(13)19-14/h6-11H,1,12H2,2-5H3.